The quantitative estimate of drug-likeness (QED) is 0.523. The number of aliphatic hydroxyl groups is 1. The van der Waals surface area contributed by atoms with Crippen LogP contribution in [0.3, 0.4) is 0 Å². The van der Waals surface area contributed by atoms with Gasteiger partial charge in [-0.2, -0.15) is 0 Å². The lowest BCUT2D eigenvalue weighted by Crippen LogP contribution is -2.43. The standard InChI is InChI=1S/C7H15NO3.C5H9N3/c1-8(2,3)5-6(9)4-7(10)11;6-2-1-5-3-7-4-8-5/h6,9H,4-5H2,1-3H3;3-4H,1-2,6H2,(H,7,8). The van der Waals surface area contributed by atoms with E-state index in [1.807, 2.05) is 21.1 Å². The molecule has 0 saturated carbocycles. The first-order valence-corrected chi connectivity index (χ1v) is 6.10. The first kappa shape index (κ1) is 17.6. The number of aromatic amines is 1. The van der Waals surface area contributed by atoms with Crippen molar-refractivity contribution >= 4 is 5.97 Å². The van der Waals surface area contributed by atoms with Crippen molar-refractivity contribution in [1.29, 1.82) is 0 Å². The van der Waals surface area contributed by atoms with Gasteiger partial charge in [-0.15, -0.1) is 0 Å². The molecule has 0 saturated heterocycles. The summed E-state index contributed by atoms with van der Waals surface area (Å²) in [6, 6.07) is 0. The van der Waals surface area contributed by atoms with Crippen LogP contribution in [0.4, 0.5) is 0 Å². The van der Waals surface area contributed by atoms with E-state index >= 15 is 0 Å². The summed E-state index contributed by atoms with van der Waals surface area (Å²) < 4.78 is 0.550. The number of carbonyl (C=O) groups is 1. The van der Waals surface area contributed by atoms with Crippen LogP contribution in [0.5, 0.6) is 0 Å². The zero-order valence-electron chi connectivity index (χ0n) is 11.8. The van der Waals surface area contributed by atoms with Gasteiger partial charge in [0.15, 0.2) is 0 Å². The van der Waals surface area contributed by atoms with Gasteiger partial charge in [-0.1, -0.05) is 0 Å². The van der Waals surface area contributed by atoms with Crippen molar-refractivity contribution in [3.05, 3.63) is 18.2 Å². The number of aromatic nitrogens is 2. The summed E-state index contributed by atoms with van der Waals surface area (Å²) in [6.45, 7) is 1.11. The van der Waals surface area contributed by atoms with E-state index in [-0.39, 0.29) is 6.42 Å². The van der Waals surface area contributed by atoms with Crippen molar-refractivity contribution in [2.45, 2.75) is 18.9 Å². The summed E-state index contributed by atoms with van der Waals surface area (Å²) in [7, 11) is 5.66. The average molecular weight is 272 g/mol. The van der Waals surface area contributed by atoms with Crippen LogP contribution in [0, 0.1) is 0 Å². The summed E-state index contributed by atoms with van der Waals surface area (Å²) in [6.07, 6.45) is 3.24. The van der Waals surface area contributed by atoms with Crippen LogP contribution in [0.1, 0.15) is 12.1 Å². The van der Waals surface area contributed by atoms with Crippen LogP contribution in [0.25, 0.3) is 0 Å². The highest BCUT2D eigenvalue weighted by Gasteiger charge is 2.14. The normalized spacial score (nSPS) is 12.5. The number of carbonyl (C=O) groups excluding carboxylic acids is 1. The van der Waals surface area contributed by atoms with Gasteiger partial charge < -0.3 is 30.2 Å². The number of carboxylic acids is 1. The molecule has 7 heteroatoms. The van der Waals surface area contributed by atoms with Crippen LogP contribution in [-0.2, 0) is 11.2 Å². The highest BCUT2D eigenvalue weighted by atomic mass is 16.4. The van der Waals surface area contributed by atoms with Gasteiger partial charge in [0.1, 0.15) is 12.6 Å². The van der Waals surface area contributed by atoms with Gasteiger partial charge in [-0.25, -0.2) is 4.98 Å². The number of aliphatic hydroxyl groups excluding tert-OH is 1. The second kappa shape index (κ2) is 8.63. The zero-order chi connectivity index (χ0) is 14.9. The van der Waals surface area contributed by atoms with E-state index in [0.29, 0.717) is 17.6 Å². The van der Waals surface area contributed by atoms with Crippen LogP contribution < -0.4 is 10.8 Å². The molecule has 0 spiro atoms. The largest absolute Gasteiger partial charge is 0.550 e. The van der Waals surface area contributed by atoms with Crippen LogP contribution in [0.2, 0.25) is 0 Å². The number of quaternary nitrogens is 1. The molecule has 7 nitrogen and oxygen atoms in total. The summed E-state index contributed by atoms with van der Waals surface area (Å²) in [5.74, 6) is -1.20. The molecule has 0 aliphatic carbocycles. The fraction of sp³-hybridized carbons (Fsp3) is 0.667. The Balaban J connectivity index is 0.000000356. The lowest BCUT2D eigenvalue weighted by molar-refractivity contribution is -0.873. The van der Waals surface area contributed by atoms with E-state index in [4.69, 9.17) is 10.8 Å². The Labute approximate surface area is 113 Å². The Kier molecular flexibility index (Phi) is 7.97. The average Bonchev–Trinajstić information content (AvgIpc) is 2.67. The van der Waals surface area contributed by atoms with Gasteiger partial charge in [0.05, 0.1) is 27.5 Å². The Bertz CT molecular complexity index is 346. The molecule has 19 heavy (non-hydrogen) atoms. The Morgan fingerprint density at radius 2 is 2.21 bits per heavy atom. The molecule has 0 aliphatic heterocycles. The number of rotatable bonds is 6. The second-order valence-electron chi connectivity index (χ2n) is 5.32. The number of H-pyrrole nitrogens is 1. The van der Waals surface area contributed by atoms with E-state index in [9.17, 15) is 9.90 Å². The van der Waals surface area contributed by atoms with Gasteiger partial charge in [-0.05, 0) is 6.54 Å². The topological polar surface area (TPSA) is 115 Å². The molecule has 1 unspecified atom stereocenters. The summed E-state index contributed by atoms with van der Waals surface area (Å²) >= 11 is 0. The van der Waals surface area contributed by atoms with E-state index in [0.717, 1.165) is 12.1 Å². The summed E-state index contributed by atoms with van der Waals surface area (Å²) in [4.78, 5) is 16.8. The third kappa shape index (κ3) is 11.4. The van der Waals surface area contributed by atoms with Gasteiger partial charge in [0, 0.05) is 30.7 Å². The number of imidazole rings is 1. The number of nitrogens with zero attached hydrogens (tertiary/aromatic N) is 2. The maximum Gasteiger partial charge on any atom is 0.108 e. The smallest absolute Gasteiger partial charge is 0.108 e. The minimum Gasteiger partial charge on any atom is -0.550 e. The van der Waals surface area contributed by atoms with E-state index in [2.05, 4.69) is 9.97 Å². The molecule has 0 bridgehead atoms. The fourth-order valence-electron chi connectivity index (χ4n) is 1.47. The molecular weight excluding hydrogens is 248 g/mol. The molecule has 1 atom stereocenters. The molecule has 0 amide bonds. The minimum atomic E-state index is -1.20. The van der Waals surface area contributed by atoms with Crippen molar-refractivity contribution in [2.24, 2.45) is 5.73 Å². The van der Waals surface area contributed by atoms with Crippen molar-refractivity contribution in [3.8, 4) is 0 Å². The number of carboxylic acid groups (broad SMARTS) is 1. The molecule has 1 aromatic rings. The molecule has 0 radical (unpaired) electrons. The lowest BCUT2D eigenvalue weighted by atomic mass is 10.2. The number of nitrogens with one attached hydrogen (secondary N) is 1. The first-order chi connectivity index (χ1) is 8.74. The highest BCUT2D eigenvalue weighted by molar-refractivity contribution is 5.64. The molecule has 1 aromatic heterocycles. The first-order valence-electron chi connectivity index (χ1n) is 6.10. The van der Waals surface area contributed by atoms with E-state index < -0.39 is 12.1 Å². The van der Waals surface area contributed by atoms with Gasteiger partial charge in [0.2, 0.25) is 0 Å². The van der Waals surface area contributed by atoms with Crippen molar-refractivity contribution in [2.75, 3.05) is 34.2 Å². The third-order valence-electron chi connectivity index (χ3n) is 2.13. The Morgan fingerprint density at radius 3 is 2.58 bits per heavy atom. The number of nitrogens with two attached hydrogens (primary N) is 1. The van der Waals surface area contributed by atoms with Crippen molar-refractivity contribution in [1.82, 2.24) is 9.97 Å². The second-order valence-corrected chi connectivity index (χ2v) is 5.32. The molecule has 0 aromatic carbocycles. The van der Waals surface area contributed by atoms with Gasteiger partial charge >= 0.3 is 0 Å². The molecular formula is C12H24N4O3. The molecule has 1 rings (SSSR count). The number of aliphatic carboxylic acids is 1. The van der Waals surface area contributed by atoms with Crippen LogP contribution in [-0.4, -0.2) is 65.9 Å². The monoisotopic (exact) mass is 272 g/mol. The van der Waals surface area contributed by atoms with E-state index in [1.165, 1.54) is 0 Å². The SMILES string of the molecule is C[N+](C)(C)CC(O)CC(=O)[O-].NCCc1cnc[nH]1. The van der Waals surface area contributed by atoms with Gasteiger partial charge in [-0.3, -0.25) is 0 Å². The predicted molar refractivity (Wildman–Crippen MR) is 69.9 cm³/mol. The number of hydrogen-bond donors (Lipinski definition) is 3. The Hall–Kier alpha value is -1.44. The third-order valence-corrected chi connectivity index (χ3v) is 2.13. The minimum absolute atomic E-state index is 0.282. The van der Waals surface area contributed by atoms with Crippen LogP contribution >= 0.6 is 0 Å². The molecule has 4 N–H and O–H groups in total. The summed E-state index contributed by atoms with van der Waals surface area (Å²) in [5.41, 5.74) is 6.38. The molecule has 0 fully saturated rings. The molecule has 110 valence electrons. The fourth-order valence-corrected chi connectivity index (χ4v) is 1.47. The highest BCUT2D eigenvalue weighted by Crippen LogP contribution is 1.97. The van der Waals surface area contributed by atoms with Crippen molar-refractivity contribution in [3.63, 3.8) is 0 Å². The van der Waals surface area contributed by atoms with Gasteiger partial charge in [0.25, 0.3) is 0 Å². The Morgan fingerprint density at radius 1 is 1.58 bits per heavy atom. The van der Waals surface area contributed by atoms with E-state index in [1.54, 1.807) is 12.5 Å². The van der Waals surface area contributed by atoms with Crippen LogP contribution in [0.15, 0.2) is 12.5 Å². The lowest BCUT2D eigenvalue weighted by Gasteiger charge is -2.26. The molecule has 1 heterocycles. The zero-order valence-corrected chi connectivity index (χ0v) is 11.8. The predicted octanol–water partition coefficient (Wildman–Crippen LogP) is -1.90. The van der Waals surface area contributed by atoms with Crippen molar-refractivity contribution < 1.29 is 19.5 Å². The number of hydrogen-bond acceptors (Lipinski definition) is 5. The molecule has 0 aliphatic rings. The maximum atomic E-state index is 10.0. The maximum absolute atomic E-state index is 10.0. The number of likely N-dealkylation sites (N-methyl/N-ethyl adjacent to an activating group) is 1. The summed E-state index contributed by atoms with van der Waals surface area (Å²) in [5, 5.41) is 19.1.